The van der Waals surface area contributed by atoms with Gasteiger partial charge in [-0.1, -0.05) is 59.9 Å². The van der Waals surface area contributed by atoms with Gasteiger partial charge in [-0.3, -0.25) is 9.78 Å². The van der Waals surface area contributed by atoms with Gasteiger partial charge in [0.1, 0.15) is 6.17 Å². The van der Waals surface area contributed by atoms with E-state index in [1.165, 1.54) is 0 Å². The van der Waals surface area contributed by atoms with Gasteiger partial charge in [-0.15, -0.1) is 0 Å². The second-order valence-corrected chi connectivity index (χ2v) is 7.19. The van der Waals surface area contributed by atoms with Gasteiger partial charge in [-0.2, -0.15) is 0 Å². The lowest BCUT2D eigenvalue weighted by Gasteiger charge is -2.27. The molecule has 0 saturated carbocycles. The van der Waals surface area contributed by atoms with Crippen molar-refractivity contribution < 1.29 is 4.79 Å². The maximum absolute atomic E-state index is 11.8. The highest BCUT2D eigenvalue weighted by atomic mass is 35.6. The van der Waals surface area contributed by atoms with E-state index in [0.717, 1.165) is 10.9 Å². The number of aromatic nitrogens is 1. The molecule has 1 amide bonds. The lowest BCUT2D eigenvalue weighted by atomic mass is 10.2. The number of halogens is 3. The molecule has 0 saturated heterocycles. The summed E-state index contributed by atoms with van der Waals surface area (Å²) in [6.07, 6.45) is 1.92. The van der Waals surface area contributed by atoms with Crippen molar-refractivity contribution in [3.63, 3.8) is 0 Å². The Morgan fingerprint density at radius 2 is 2.00 bits per heavy atom. The van der Waals surface area contributed by atoms with Crippen LogP contribution < -0.4 is 10.6 Å². The molecule has 2 N–H and O–H groups in total. The van der Waals surface area contributed by atoms with E-state index in [1.54, 1.807) is 6.20 Å². The number of hydrogen-bond donors (Lipinski definition) is 2. The number of alkyl halides is 3. The molecule has 2 rings (SSSR count). The van der Waals surface area contributed by atoms with E-state index in [1.807, 2.05) is 37.3 Å². The van der Waals surface area contributed by atoms with Gasteiger partial charge in [0.25, 0.3) is 0 Å². The standard InChI is InChI=1S/C15H16Cl3N3O/c1-2-5-12(22)21-14(15(16,17)18)20-11-8-3-6-10-7-4-9-19-13(10)11/h3-4,6-9,14,20H,2,5H2,1H3,(H,21,22). The van der Waals surface area contributed by atoms with Crippen molar-refractivity contribution in [3.8, 4) is 0 Å². The number of carbonyl (C=O) groups is 1. The summed E-state index contributed by atoms with van der Waals surface area (Å²) in [5, 5.41) is 6.71. The predicted octanol–water partition coefficient (Wildman–Crippen LogP) is 4.26. The Labute approximate surface area is 144 Å². The van der Waals surface area contributed by atoms with Crippen molar-refractivity contribution in [2.75, 3.05) is 5.32 Å². The van der Waals surface area contributed by atoms with Crippen molar-refractivity contribution in [2.45, 2.75) is 29.7 Å². The lowest BCUT2D eigenvalue weighted by molar-refractivity contribution is -0.121. The highest BCUT2D eigenvalue weighted by Gasteiger charge is 2.34. The molecule has 1 unspecified atom stereocenters. The van der Waals surface area contributed by atoms with Gasteiger partial charge in [-0.25, -0.2) is 0 Å². The third-order valence-electron chi connectivity index (χ3n) is 3.04. The van der Waals surface area contributed by atoms with Crippen LogP contribution in [0, 0.1) is 0 Å². The van der Waals surface area contributed by atoms with Crippen LogP contribution in [0.25, 0.3) is 10.9 Å². The summed E-state index contributed by atoms with van der Waals surface area (Å²) in [5.41, 5.74) is 1.43. The highest BCUT2D eigenvalue weighted by Crippen LogP contribution is 2.32. The number of fused-ring (bicyclic) bond motifs is 1. The zero-order valence-corrected chi connectivity index (χ0v) is 14.2. The van der Waals surface area contributed by atoms with E-state index in [0.29, 0.717) is 18.5 Å². The quantitative estimate of drug-likeness (QED) is 0.619. The number of pyridine rings is 1. The Morgan fingerprint density at radius 3 is 2.68 bits per heavy atom. The number of nitrogens with one attached hydrogen (secondary N) is 2. The van der Waals surface area contributed by atoms with Crippen LogP contribution in [0.4, 0.5) is 5.69 Å². The predicted molar refractivity (Wildman–Crippen MR) is 92.5 cm³/mol. The van der Waals surface area contributed by atoms with Crippen LogP contribution in [-0.2, 0) is 4.79 Å². The van der Waals surface area contributed by atoms with E-state index in [-0.39, 0.29) is 5.91 Å². The van der Waals surface area contributed by atoms with Crippen LogP contribution in [0.5, 0.6) is 0 Å². The molecule has 0 radical (unpaired) electrons. The average molecular weight is 361 g/mol. The minimum absolute atomic E-state index is 0.181. The average Bonchev–Trinajstić information content (AvgIpc) is 2.46. The van der Waals surface area contributed by atoms with E-state index in [4.69, 9.17) is 34.8 Å². The fourth-order valence-corrected chi connectivity index (χ4v) is 2.36. The fraction of sp³-hybridized carbons (Fsp3) is 0.333. The Hall–Kier alpha value is -1.23. The first-order valence-electron chi connectivity index (χ1n) is 6.88. The van der Waals surface area contributed by atoms with Crippen LogP contribution in [-0.4, -0.2) is 20.8 Å². The summed E-state index contributed by atoms with van der Waals surface area (Å²) in [6.45, 7) is 1.91. The molecule has 118 valence electrons. The number of amides is 1. The van der Waals surface area contributed by atoms with Gasteiger partial charge in [0, 0.05) is 18.0 Å². The third kappa shape index (κ3) is 4.38. The number of hydrogen-bond acceptors (Lipinski definition) is 3. The first-order chi connectivity index (χ1) is 10.4. The molecule has 0 aliphatic carbocycles. The van der Waals surface area contributed by atoms with Crippen LogP contribution in [0.3, 0.4) is 0 Å². The van der Waals surface area contributed by atoms with Gasteiger partial charge in [0.2, 0.25) is 9.70 Å². The first kappa shape index (κ1) is 17.1. The number of anilines is 1. The molecule has 0 aliphatic rings. The number of rotatable bonds is 5. The first-order valence-corrected chi connectivity index (χ1v) is 8.01. The molecule has 2 aromatic rings. The largest absolute Gasteiger partial charge is 0.360 e. The topological polar surface area (TPSA) is 54.0 Å². The van der Waals surface area contributed by atoms with Crippen LogP contribution in [0.15, 0.2) is 36.5 Å². The molecule has 0 bridgehead atoms. The third-order valence-corrected chi connectivity index (χ3v) is 3.70. The molecule has 0 aliphatic heterocycles. The normalized spacial score (nSPS) is 12.9. The summed E-state index contributed by atoms with van der Waals surface area (Å²) in [7, 11) is 0. The van der Waals surface area contributed by atoms with Crippen molar-refractivity contribution in [1.29, 1.82) is 0 Å². The van der Waals surface area contributed by atoms with Crippen molar-refractivity contribution in [2.24, 2.45) is 0 Å². The molecule has 0 spiro atoms. The smallest absolute Gasteiger partial charge is 0.228 e. The minimum Gasteiger partial charge on any atom is -0.360 e. The van der Waals surface area contributed by atoms with Crippen LogP contribution in [0.2, 0.25) is 0 Å². The SMILES string of the molecule is CCCC(=O)NC(Nc1cccc2cccnc12)C(Cl)(Cl)Cl. The molecular weight excluding hydrogens is 345 g/mol. The van der Waals surface area contributed by atoms with E-state index >= 15 is 0 Å². The second kappa shape index (κ2) is 7.36. The van der Waals surface area contributed by atoms with E-state index in [2.05, 4.69) is 15.6 Å². The summed E-state index contributed by atoms with van der Waals surface area (Å²) >= 11 is 17.9. The molecule has 1 aromatic heterocycles. The van der Waals surface area contributed by atoms with Crippen molar-refractivity contribution >= 4 is 57.3 Å². The number of nitrogens with zero attached hydrogens (tertiary/aromatic N) is 1. The van der Waals surface area contributed by atoms with Gasteiger partial charge in [0.05, 0.1) is 11.2 Å². The Morgan fingerprint density at radius 1 is 1.27 bits per heavy atom. The monoisotopic (exact) mass is 359 g/mol. The van der Waals surface area contributed by atoms with Gasteiger partial charge >= 0.3 is 0 Å². The molecule has 4 nitrogen and oxygen atoms in total. The molecule has 0 fully saturated rings. The van der Waals surface area contributed by atoms with E-state index in [9.17, 15) is 4.79 Å². The summed E-state index contributed by atoms with van der Waals surface area (Å²) in [4.78, 5) is 16.1. The fourth-order valence-electron chi connectivity index (χ4n) is 2.04. The lowest BCUT2D eigenvalue weighted by Crippen LogP contribution is -2.49. The molecule has 22 heavy (non-hydrogen) atoms. The van der Waals surface area contributed by atoms with E-state index < -0.39 is 9.96 Å². The molecule has 1 aromatic carbocycles. The molecular formula is C15H16Cl3N3O. The second-order valence-electron chi connectivity index (χ2n) is 4.82. The molecule has 1 heterocycles. The minimum atomic E-state index is -1.69. The highest BCUT2D eigenvalue weighted by molar-refractivity contribution is 6.68. The maximum Gasteiger partial charge on any atom is 0.228 e. The molecule has 1 atom stereocenters. The zero-order chi connectivity index (χ0) is 16.2. The van der Waals surface area contributed by atoms with Crippen LogP contribution >= 0.6 is 34.8 Å². The number of benzene rings is 1. The molecule has 7 heteroatoms. The van der Waals surface area contributed by atoms with Crippen molar-refractivity contribution in [3.05, 3.63) is 36.5 Å². The van der Waals surface area contributed by atoms with Crippen LogP contribution in [0.1, 0.15) is 19.8 Å². The van der Waals surface area contributed by atoms with Gasteiger partial charge < -0.3 is 10.6 Å². The van der Waals surface area contributed by atoms with Gasteiger partial charge in [-0.05, 0) is 18.6 Å². The summed E-state index contributed by atoms with van der Waals surface area (Å²) < 4.78 is -1.69. The zero-order valence-electron chi connectivity index (χ0n) is 11.9. The van der Waals surface area contributed by atoms with Gasteiger partial charge in [0.15, 0.2) is 0 Å². The number of carbonyl (C=O) groups excluding carboxylic acids is 1. The Kier molecular flexibility index (Phi) is 5.73. The Bertz CT molecular complexity index is 653. The summed E-state index contributed by atoms with van der Waals surface area (Å²) in [6, 6.07) is 9.42. The Balaban J connectivity index is 2.27. The maximum atomic E-state index is 11.8. The van der Waals surface area contributed by atoms with Crippen molar-refractivity contribution in [1.82, 2.24) is 10.3 Å². The number of para-hydroxylation sites is 1. The summed E-state index contributed by atoms with van der Waals surface area (Å²) in [5.74, 6) is -0.181.